The molecule has 2 heterocycles. The van der Waals surface area contributed by atoms with Gasteiger partial charge in [-0.3, -0.25) is 14.4 Å². The standard InChI is InChI=1S/C21H28N4O3.ClH/c1-21(2)12-24(10-9-16(21)22)17(26)11-23-19(27)18-14-5-3-4-6-15(14)20(28)25(18)13-7-8-13;/h3-6,13,16,18H,7-12,22H2,1-2H3,(H,23,27);1H. The van der Waals surface area contributed by atoms with Crippen LogP contribution in [-0.4, -0.2) is 59.2 Å². The van der Waals surface area contributed by atoms with Crippen LogP contribution in [0.1, 0.15) is 55.1 Å². The van der Waals surface area contributed by atoms with Crippen LogP contribution in [0.15, 0.2) is 24.3 Å². The number of nitrogens with two attached hydrogens (primary N) is 1. The molecule has 29 heavy (non-hydrogen) atoms. The van der Waals surface area contributed by atoms with Crippen LogP contribution in [0.2, 0.25) is 0 Å². The Morgan fingerprint density at radius 3 is 2.55 bits per heavy atom. The minimum absolute atomic E-state index is 0. The Bertz CT molecular complexity index is 824. The van der Waals surface area contributed by atoms with Gasteiger partial charge in [0, 0.05) is 30.7 Å². The number of halogens is 1. The lowest BCUT2D eigenvalue weighted by Gasteiger charge is -2.42. The normalized spacial score (nSPS) is 25.3. The molecule has 2 aliphatic heterocycles. The van der Waals surface area contributed by atoms with Gasteiger partial charge in [0.15, 0.2) is 0 Å². The molecule has 3 amide bonds. The van der Waals surface area contributed by atoms with E-state index in [1.165, 1.54) is 0 Å². The Morgan fingerprint density at radius 2 is 1.90 bits per heavy atom. The molecule has 1 saturated carbocycles. The average Bonchev–Trinajstić information content (AvgIpc) is 3.46. The molecule has 3 N–H and O–H groups in total. The van der Waals surface area contributed by atoms with Gasteiger partial charge in [-0.15, -0.1) is 12.4 Å². The number of hydrogen-bond acceptors (Lipinski definition) is 4. The maximum atomic E-state index is 13.0. The van der Waals surface area contributed by atoms with Gasteiger partial charge in [0.05, 0.1) is 6.54 Å². The highest BCUT2D eigenvalue weighted by Gasteiger charge is 2.47. The van der Waals surface area contributed by atoms with Crippen LogP contribution in [0, 0.1) is 5.41 Å². The molecule has 0 bridgehead atoms. The number of nitrogens with zero attached hydrogens (tertiary/aromatic N) is 2. The van der Waals surface area contributed by atoms with E-state index < -0.39 is 6.04 Å². The average molecular weight is 421 g/mol. The fourth-order valence-corrected chi connectivity index (χ4v) is 4.29. The van der Waals surface area contributed by atoms with Crippen molar-refractivity contribution in [3.05, 3.63) is 35.4 Å². The molecule has 1 aromatic rings. The highest BCUT2D eigenvalue weighted by atomic mass is 35.5. The predicted molar refractivity (Wildman–Crippen MR) is 112 cm³/mol. The number of nitrogens with one attached hydrogen (secondary N) is 1. The molecule has 0 spiro atoms. The van der Waals surface area contributed by atoms with E-state index in [9.17, 15) is 14.4 Å². The Morgan fingerprint density at radius 1 is 1.21 bits per heavy atom. The first kappa shape index (κ1) is 21.6. The number of fused-ring (bicyclic) bond motifs is 1. The van der Waals surface area contributed by atoms with Gasteiger partial charge in [0.1, 0.15) is 6.04 Å². The molecule has 158 valence electrons. The summed E-state index contributed by atoms with van der Waals surface area (Å²) in [7, 11) is 0. The van der Waals surface area contributed by atoms with Gasteiger partial charge in [0.2, 0.25) is 11.8 Å². The van der Waals surface area contributed by atoms with Gasteiger partial charge in [-0.05, 0) is 36.3 Å². The van der Waals surface area contributed by atoms with Crippen LogP contribution in [0.4, 0.5) is 0 Å². The minimum atomic E-state index is -0.643. The summed E-state index contributed by atoms with van der Waals surface area (Å²) in [5.74, 6) is -0.480. The maximum Gasteiger partial charge on any atom is 0.255 e. The largest absolute Gasteiger partial charge is 0.345 e. The highest BCUT2D eigenvalue weighted by molar-refractivity contribution is 6.05. The van der Waals surface area contributed by atoms with Crippen LogP contribution in [0.25, 0.3) is 0 Å². The zero-order chi connectivity index (χ0) is 20.1. The molecule has 7 nitrogen and oxygen atoms in total. The van der Waals surface area contributed by atoms with E-state index in [4.69, 9.17) is 5.73 Å². The molecule has 1 saturated heterocycles. The van der Waals surface area contributed by atoms with E-state index in [-0.39, 0.29) is 54.2 Å². The summed E-state index contributed by atoms with van der Waals surface area (Å²) in [5.41, 5.74) is 7.32. The molecular weight excluding hydrogens is 392 g/mol. The summed E-state index contributed by atoms with van der Waals surface area (Å²) in [6, 6.07) is 6.80. The number of rotatable bonds is 4. The maximum absolute atomic E-state index is 13.0. The fourth-order valence-electron chi connectivity index (χ4n) is 4.29. The van der Waals surface area contributed by atoms with Crippen molar-refractivity contribution >= 4 is 30.1 Å². The molecule has 1 aromatic carbocycles. The lowest BCUT2D eigenvalue weighted by molar-refractivity contribution is -0.136. The van der Waals surface area contributed by atoms with Crippen molar-refractivity contribution in [1.82, 2.24) is 15.1 Å². The summed E-state index contributed by atoms with van der Waals surface area (Å²) in [6.07, 6.45) is 2.60. The molecule has 2 atom stereocenters. The van der Waals surface area contributed by atoms with Crippen molar-refractivity contribution in [2.24, 2.45) is 11.1 Å². The number of hydrogen-bond donors (Lipinski definition) is 2. The molecule has 0 radical (unpaired) electrons. The first-order valence-electron chi connectivity index (χ1n) is 10.0. The second-order valence-corrected chi connectivity index (χ2v) is 8.85. The fraction of sp³-hybridized carbons (Fsp3) is 0.571. The first-order valence-corrected chi connectivity index (χ1v) is 10.0. The number of amides is 3. The number of likely N-dealkylation sites (tertiary alicyclic amines) is 1. The van der Waals surface area contributed by atoms with Crippen molar-refractivity contribution in [1.29, 1.82) is 0 Å². The van der Waals surface area contributed by atoms with Gasteiger partial charge >= 0.3 is 0 Å². The molecular formula is C21H29ClN4O3. The van der Waals surface area contributed by atoms with Crippen LogP contribution >= 0.6 is 12.4 Å². The van der Waals surface area contributed by atoms with Crippen LogP contribution in [0.3, 0.4) is 0 Å². The summed E-state index contributed by atoms with van der Waals surface area (Å²) < 4.78 is 0. The van der Waals surface area contributed by atoms with E-state index >= 15 is 0 Å². The Hall–Kier alpha value is -2.12. The molecule has 3 aliphatic rings. The molecule has 0 aromatic heterocycles. The third-order valence-electron chi connectivity index (χ3n) is 6.27. The van der Waals surface area contributed by atoms with E-state index in [2.05, 4.69) is 19.2 Å². The second-order valence-electron chi connectivity index (χ2n) is 8.85. The number of carbonyl (C=O) groups excluding carboxylic acids is 3. The number of benzene rings is 1. The third kappa shape index (κ3) is 3.98. The molecule has 4 rings (SSSR count). The van der Waals surface area contributed by atoms with Crippen molar-refractivity contribution in [2.45, 2.75) is 51.2 Å². The van der Waals surface area contributed by atoms with E-state index in [1.54, 1.807) is 15.9 Å². The van der Waals surface area contributed by atoms with Gasteiger partial charge in [-0.25, -0.2) is 0 Å². The second kappa shape index (κ2) is 7.95. The highest BCUT2D eigenvalue weighted by Crippen LogP contribution is 2.41. The lowest BCUT2D eigenvalue weighted by Crippen LogP contribution is -2.55. The monoisotopic (exact) mass is 420 g/mol. The van der Waals surface area contributed by atoms with Crippen molar-refractivity contribution in [2.75, 3.05) is 19.6 Å². The number of carbonyl (C=O) groups is 3. The third-order valence-corrected chi connectivity index (χ3v) is 6.27. The van der Waals surface area contributed by atoms with Gasteiger partial charge < -0.3 is 20.9 Å². The van der Waals surface area contributed by atoms with Crippen LogP contribution < -0.4 is 11.1 Å². The van der Waals surface area contributed by atoms with E-state index in [1.807, 2.05) is 18.2 Å². The molecule has 1 aliphatic carbocycles. The Kier molecular flexibility index (Phi) is 5.92. The van der Waals surface area contributed by atoms with E-state index in [0.717, 1.165) is 24.8 Å². The molecule has 2 unspecified atom stereocenters. The van der Waals surface area contributed by atoms with Crippen LogP contribution in [0.5, 0.6) is 0 Å². The minimum Gasteiger partial charge on any atom is -0.345 e. The zero-order valence-corrected chi connectivity index (χ0v) is 17.7. The summed E-state index contributed by atoms with van der Waals surface area (Å²) in [4.78, 5) is 41.8. The Labute approximate surface area is 177 Å². The SMILES string of the molecule is CC1(C)CN(C(=O)CNC(=O)C2c3ccccc3C(=O)N2C2CC2)CCC1N.Cl. The molecule has 2 fully saturated rings. The van der Waals surface area contributed by atoms with Crippen LogP contribution in [-0.2, 0) is 9.59 Å². The quantitative estimate of drug-likeness (QED) is 0.770. The van der Waals surface area contributed by atoms with Gasteiger partial charge in [-0.2, -0.15) is 0 Å². The smallest absolute Gasteiger partial charge is 0.255 e. The summed E-state index contributed by atoms with van der Waals surface area (Å²) in [6.45, 7) is 5.25. The van der Waals surface area contributed by atoms with Crippen molar-refractivity contribution < 1.29 is 14.4 Å². The summed E-state index contributed by atoms with van der Waals surface area (Å²) >= 11 is 0. The first-order chi connectivity index (χ1) is 13.3. The zero-order valence-electron chi connectivity index (χ0n) is 16.9. The topological polar surface area (TPSA) is 95.7 Å². The Balaban J connectivity index is 0.00000240. The van der Waals surface area contributed by atoms with Crippen molar-refractivity contribution in [3.63, 3.8) is 0 Å². The number of piperidine rings is 1. The predicted octanol–water partition coefficient (Wildman–Crippen LogP) is 1.47. The summed E-state index contributed by atoms with van der Waals surface area (Å²) in [5, 5.41) is 2.78. The molecule has 8 heteroatoms. The van der Waals surface area contributed by atoms with Gasteiger partial charge in [0.25, 0.3) is 5.91 Å². The van der Waals surface area contributed by atoms with E-state index in [0.29, 0.717) is 18.7 Å². The van der Waals surface area contributed by atoms with Gasteiger partial charge in [-0.1, -0.05) is 32.0 Å². The van der Waals surface area contributed by atoms with Crippen molar-refractivity contribution in [3.8, 4) is 0 Å². The lowest BCUT2D eigenvalue weighted by atomic mass is 9.79.